The third kappa shape index (κ3) is 2.76. The molecule has 0 aliphatic carbocycles. The van der Waals surface area contributed by atoms with Gasteiger partial charge in [0.1, 0.15) is 11.6 Å². The van der Waals surface area contributed by atoms with Crippen LogP contribution in [0.2, 0.25) is 0 Å². The van der Waals surface area contributed by atoms with Crippen LogP contribution in [0.25, 0.3) is 0 Å². The standard InChI is InChI=1S/C14H11BrFNO2/c1-19-9-4-2-8(3-5-9)14(18)10-6-13(17)12(16)7-11(10)15/h2-7H,17H2,1H3. The summed E-state index contributed by atoms with van der Waals surface area (Å²) in [5.74, 6) is -0.131. The van der Waals surface area contributed by atoms with Crippen molar-refractivity contribution in [3.8, 4) is 5.75 Å². The number of carbonyl (C=O) groups is 1. The van der Waals surface area contributed by atoms with Gasteiger partial charge in [0.2, 0.25) is 0 Å². The van der Waals surface area contributed by atoms with E-state index in [-0.39, 0.29) is 11.5 Å². The molecule has 0 saturated heterocycles. The van der Waals surface area contributed by atoms with Crippen LogP contribution in [-0.2, 0) is 0 Å². The van der Waals surface area contributed by atoms with Gasteiger partial charge in [-0.2, -0.15) is 0 Å². The molecule has 5 heteroatoms. The summed E-state index contributed by atoms with van der Waals surface area (Å²) >= 11 is 3.17. The third-order valence-corrected chi connectivity index (χ3v) is 3.34. The van der Waals surface area contributed by atoms with E-state index in [1.54, 1.807) is 31.4 Å². The van der Waals surface area contributed by atoms with Crippen LogP contribution in [0.1, 0.15) is 15.9 Å². The van der Waals surface area contributed by atoms with Gasteiger partial charge in [-0.15, -0.1) is 0 Å². The topological polar surface area (TPSA) is 52.3 Å². The fourth-order valence-electron chi connectivity index (χ4n) is 1.64. The minimum absolute atomic E-state index is 0.0555. The van der Waals surface area contributed by atoms with Gasteiger partial charge in [-0.05, 0) is 52.3 Å². The fourth-order valence-corrected chi connectivity index (χ4v) is 2.13. The summed E-state index contributed by atoms with van der Waals surface area (Å²) in [6, 6.07) is 9.18. The SMILES string of the molecule is COc1ccc(C(=O)c2cc(N)c(F)cc2Br)cc1. The van der Waals surface area contributed by atoms with E-state index in [0.717, 1.165) is 0 Å². The summed E-state index contributed by atoms with van der Waals surface area (Å²) in [5.41, 5.74) is 6.23. The lowest BCUT2D eigenvalue weighted by Gasteiger charge is -2.07. The van der Waals surface area contributed by atoms with Gasteiger partial charge in [-0.1, -0.05) is 0 Å². The Bertz CT molecular complexity index is 626. The summed E-state index contributed by atoms with van der Waals surface area (Å²) in [7, 11) is 1.55. The number of rotatable bonds is 3. The lowest BCUT2D eigenvalue weighted by Crippen LogP contribution is -2.04. The number of anilines is 1. The molecule has 0 atom stereocenters. The largest absolute Gasteiger partial charge is 0.497 e. The number of methoxy groups -OCH3 is 1. The van der Waals surface area contributed by atoms with Crippen LogP contribution in [0.4, 0.5) is 10.1 Å². The zero-order chi connectivity index (χ0) is 14.0. The molecule has 0 fully saturated rings. The second-order valence-corrected chi connectivity index (χ2v) is 4.77. The van der Waals surface area contributed by atoms with Gasteiger partial charge >= 0.3 is 0 Å². The van der Waals surface area contributed by atoms with Gasteiger partial charge in [-0.3, -0.25) is 4.79 Å². The van der Waals surface area contributed by atoms with Crippen molar-refractivity contribution < 1.29 is 13.9 Å². The van der Waals surface area contributed by atoms with Crippen molar-refractivity contribution >= 4 is 27.4 Å². The monoisotopic (exact) mass is 323 g/mol. The summed E-state index contributed by atoms with van der Waals surface area (Å²) in [6.07, 6.45) is 0. The first-order chi connectivity index (χ1) is 9.02. The second kappa shape index (κ2) is 5.40. The molecule has 2 rings (SSSR count). The van der Waals surface area contributed by atoms with Crippen molar-refractivity contribution in [3.63, 3.8) is 0 Å². The highest BCUT2D eigenvalue weighted by molar-refractivity contribution is 9.10. The minimum atomic E-state index is -0.557. The molecule has 2 aromatic carbocycles. The van der Waals surface area contributed by atoms with Crippen LogP contribution in [0.15, 0.2) is 40.9 Å². The molecule has 0 aliphatic rings. The number of carbonyl (C=O) groups excluding carboxylic acids is 1. The first kappa shape index (κ1) is 13.5. The first-order valence-electron chi connectivity index (χ1n) is 5.46. The highest BCUT2D eigenvalue weighted by atomic mass is 79.9. The van der Waals surface area contributed by atoms with E-state index in [1.165, 1.54) is 12.1 Å². The average Bonchev–Trinajstić information content (AvgIpc) is 2.42. The van der Waals surface area contributed by atoms with Crippen LogP contribution in [0, 0.1) is 5.82 Å². The quantitative estimate of drug-likeness (QED) is 0.695. The first-order valence-corrected chi connectivity index (χ1v) is 6.25. The summed E-state index contributed by atoms with van der Waals surface area (Å²) in [5, 5.41) is 0. The van der Waals surface area contributed by atoms with Crippen molar-refractivity contribution in [2.75, 3.05) is 12.8 Å². The van der Waals surface area contributed by atoms with Gasteiger partial charge < -0.3 is 10.5 Å². The highest BCUT2D eigenvalue weighted by Gasteiger charge is 2.15. The second-order valence-electron chi connectivity index (χ2n) is 3.91. The molecular weight excluding hydrogens is 313 g/mol. The van der Waals surface area contributed by atoms with Crippen molar-refractivity contribution in [2.24, 2.45) is 0 Å². The van der Waals surface area contributed by atoms with Crippen molar-refractivity contribution in [2.45, 2.75) is 0 Å². The molecule has 98 valence electrons. The van der Waals surface area contributed by atoms with E-state index >= 15 is 0 Å². The Kier molecular flexibility index (Phi) is 3.85. The van der Waals surface area contributed by atoms with E-state index in [0.29, 0.717) is 21.3 Å². The number of nitrogens with two attached hydrogens (primary N) is 1. The van der Waals surface area contributed by atoms with Crippen LogP contribution in [0.5, 0.6) is 5.75 Å². The Morgan fingerprint density at radius 2 is 1.89 bits per heavy atom. The Morgan fingerprint density at radius 1 is 1.26 bits per heavy atom. The molecule has 0 heterocycles. The Morgan fingerprint density at radius 3 is 2.47 bits per heavy atom. The van der Waals surface area contributed by atoms with Gasteiger partial charge in [0.15, 0.2) is 5.78 Å². The molecule has 0 spiro atoms. The Labute approximate surface area is 118 Å². The molecule has 0 saturated carbocycles. The smallest absolute Gasteiger partial charge is 0.194 e. The van der Waals surface area contributed by atoms with Crippen LogP contribution in [-0.4, -0.2) is 12.9 Å². The zero-order valence-corrected chi connectivity index (χ0v) is 11.7. The number of hydrogen-bond acceptors (Lipinski definition) is 3. The van der Waals surface area contributed by atoms with Crippen molar-refractivity contribution in [1.29, 1.82) is 0 Å². The van der Waals surface area contributed by atoms with E-state index in [9.17, 15) is 9.18 Å². The molecule has 0 unspecified atom stereocenters. The number of nitrogen functional groups attached to an aromatic ring is 1. The van der Waals surface area contributed by atoms with Crippen molar-refractivity contribution in [1.82, 2.24) is 0 Å². The molecule has 3 nitrogen and oxygen atoms in total. The molecule has 0 amide bonds. The summed E-state index contributed by atoms with van der Waals surface area (Å²) < 4.78 is 18.6. The predicted octanol–water partition coefficient (Wildman–Crippen LogP) is 3.41. The van der Waals surface area contributed by atoms with E-state index in [2.05, 4.69) is 15.9 Å². The van der Waals surface area contributed by atoms with E-state index < -0.39 is 5.82 Å². The van der Waals surface area contributed by atoms with Crippen LogP contribution < -0.4 is 10.5 Å². The maximum atomic E-state index is 13.2. The molecule has 0 bridgehead atoms. The van der Waals surface area contributed by atoms with E-state index in [1.807, 2.05) is 0 Å². The lowest BCUT2D eigenvalue weighted by atomic mass is 10.0. The molecule has 2 N–H and O–H groups in total. The predicted molar refractivity (Wildman–Crippen MR) is 74.9 cm³/mol. The van der Waals surface area contributed by atoms with Crippen LogP contribution in [0.3, 0.4) is 0 Å². The van der Waals surface area contributed by atoms with Gasteiger partial charge in [-0.25, -0.2) is 4.39 Å². The van der Waals surface area contributed by atoms with Gasteiger partial charge in [0.05, 0.1) is 12.8 Å². The number of ether oxygens (including phenoxy) is 1. The molecule has 0 aliphatic heterocycles. The third-order valence-electron chi connectivity index (χ3n) is 2.68. The Balaban J connectivity index is 2.40. The lowest BCUT2D eigenvalue weighted by molar-refractivity contribution is 0.103. The average molecular weight is 324 g/mol. The number of ketones is 1. The normalized spacial score (nSPS) is 10.3. The zero-order valence-electron chi connectivity index (χ0n) is 10.1. The molecular formula is C14H11BrFNO2. The van der Waals surface area contributed by atoms with E-state index in [4.69, 9.17) is 10.5 Å². The maximum absolute atomic E-state index is 13.2. The fraction of sp³-hybridized carbons (Fsp3) is 0.0714. The molecule has 2 aromatic rings. The highest BCUT2D eigenvalue weighted by Crippen LogP contribution is 2.25. The van der Waals surface area contributed by atoms with Gasteiger partial charge in [0.25, 0.3) is 0 Å². The minimum Gasteiger partial charge on any atom is -0.497 e. The van der Waals surface area contributed by atoms with Crippen LogP contribution >= 0.6 is 15.9 Å². The van der Waals surface area contributed by atoms with Gasteiger partial charge in [0, 0.05) is 15.6 Å². The molecule has 0 aromatic heterocycles. The summed E-state index contributed by atoms with van der Waals surface area (Å²) in [4.78, 5) is 12.3. The summed E-state index contributed by atoms with van der Waals surface area (Å²) in [6.45, 7) is 0. The number of benzene rings is 2. The molecule has 19 heavy (non-hydrogen) atoms. The number of hydrogen-bond donors (Lipinski definition) is 1. The maximum Gasteiger partial charge on any atom is 0.194 e. The molecule has 0 radical (unpaired) electrons. The number of halogens is 2. The Hall–Kier alpha value is -1.88. The van der Waals surface area contributed by atoms with Crippen molar-refractivity contribution in [3.05, 3.63) is 57.8 Å².